The molecule has 0 unspecified atom stereocenters. The predicted molar refractivity (Wildman–Crippen MR) is 130 cm³/mol. The minimum atomic E-state index is -0.0888. The lowest BCUT2D eigenvalue weighted by Crippen LogP contribution is -2.41. The molecule has 2 aliphatic heterocycles. The summed E-state index contributed by atoms with van der Waals surface area (Å²) in [6.45, 7) is 1.46. The third kappa shape index (κ3) is 5.25. The first kappa shape index (κ1) is 22.0. The number of fused-ring (bicyclic) bond motifs is 2. The Morgan fingerprint density at radius 3 is 2.79 bits per heavy atom. The molecule has 1 saturated heterocycles. The van der Waals surface area contributed by atoms with Crippen LogP contribution in [-0.2, 0) is 9.59 Å². The maximum absolute atomic E-state index is 12.7. The number of thioether (sulfide) groups is 1. The molecule has 1 fully saturated rings. The number of anilines is 1. The summed E-state index contributed by atoms with van der Waals surface area (Å²) in [7, 11) is 0. The number of benzene rings is 2. The van der Waals surface area contributed by atoms with Crippen LogP contribution < -0.4 is 14.8 Å². The maximum Gasteiger partial charge on any atom is 0.231 e. The molecule has 0 spiro atoms. The van der Waals surface area contributed by atoms with Crippen LogP contribution in [0.2, 0.25) is 0 Å². The normalized spacial score (nSPS) is 15.7. The van der Waals surface area contributed by atoms with Gasteiger partial charge in [0.05, 0.1) is 10.2 Å². The van der Waals surface area contributed by atoms with E-state index in [4.69, 9.17) is 9.47 Å². The number of piperidine rings is 1. The number of nitrogens with one attached hydrogen (secondary N) is 1. The van der Waals surface area contributed by atoms with E-state index in [0.717, 1.165) is 22.0 Å². The van der Waals surface area contributed by atoms with Gasteiger partial charge in [-0.25, -0.2) is 4.98 Å². The van der Waals surface area contributed by atoms with Gasteiger partial charge in [0, 0.05) is 42.9 Å². The summed E-state index contributed by atoms with van der Waals surface area (Å²) in [5, 5.41) is 2.97. The lowest BCUT2D eigenvalue weighted by molar-refractivity contribution is -0.134. The molecular formula is C24H25N3O4S2. The first-order valence-corrected chi connectivity index (χ1v) is 12.9. The monoisotopic (exact) mass is 483 g/mol. The fourth-order valence-corrected chi connectivity index (χ4v) is 6.14. The Labute approximate surface area is 200 Å². The van der Waals surface area contributed by atoms with Crippen LogP contribution in [-0.4, -0.2) is 47.3 Å². The van der Waals surface area contributed by atoms with Gasteiger partial charge >= 0.3 is 0 Å². The van der Waals surface area contributed by atoms with Crippen molar-refractivity contribution in [2.45, 2.75) is 30.0 Å². The van der Waals surface area contributed by atoms with E-state index in [1.807, 2.05) is 29.2 Å². The zero-order valence-electron chi connectivity index (χ0n) is 18.1. The highest BCUT2D eigenvalue weighted by atomic mass is 32.2. The Hall–Kier alpha value is -2.78. The number of ether oxygens (including phenoxy) is 2. The highest BCUT2D eigenvalue weighted by Gasteiger charge is 2.27. The summed E-state index contributed by atoms with van der Waals surface area (Å²) in [4.78, 5) is 31.8. The largest absolute Gasteiger partial charge is 0.454 e. The van der Waals surface area contributed by atoms with Crippen molar-refractivity contribution in [1.29, 1.82) is 0 Å². The number of nitrogens with zero attached hydrogens (tertiary/aromatic N) is 2. The smallest absolute Gasteiger partial charge is 0.231 e. The van der Waals surface area contributed by atoms with Crippen LogP contribution in [0.5, 0.6) is 11.5 Å². The van der Waals surface area contributed by atoms with E-state index in [0.29, 0.717) is 49.5 Å². The van der Waals surface area contributed by atoms with Crippen molar-refractivity contribution in [2.75, 3.05) is 31.0 Å². The van der Waals surface area contributed by atoms with Gasteiger partial charge in [0.15, 0.2) is 15.8 Å². The molecule has 172 valence electrons. The van der Waals surface area contributed by atoms with Gasteiger partial charge in [-0.05, 0) is 43.5 Å². The van der Waals surface area contributed by atoms with Gasteiger partial charge in [-0.2, -0.15) is 0 Å². The Balaban J connectivity index is 1.02. The predicted octanol–water partition coefficient (Wildman–Crippen LogP) is 4.77. The Bertz CT molecular complexity index is 1120. The van der Waals surface area contributed by atoms with Gasteiger partial charge < -0.3 is 19.7 Å². The first-order valence-electron chi connectivity index (χ1n) is 11.1. The van der Waals surface area contributed by atoms with Crippen LogP contribution in [0.4, 0.5) is 5.69 Å². The van der Waals surface area contributed by atoms with Crippen LogP contribution in [0.3, 0.4) is 0 Å². The van der Waals surface area contributed by atoms with Crippen LogP contribution >= 0.6 is 23.1 Å². The number of rotatable bonds is 7. The van der Waals surface area contributed by atoms with Crippen molar-refractivity contribution in [3.63, 3.8) is 0 Å². The van der Waals surface area contributed by atoms with Gasteiger partial charge in [0.25, 0.3) is 0 Å². The number of aromatic nitrogens is 1. The number of thiazole rings is 1. The molecule has 3 aromatic rings. The molecule has 9 heteroatoms. The summed E-state index contributed by atoms with van der Waals surface area (Å²) < 4.78 is 12.9. The SMILES string of the molecule is O=C(Nc1ccc2c(c1)OCO2)C1CCN(C(=O)CCCSc2nc3ccccc3s2)CC1. The second kappa shape index (κ2) is 10.0. The fourth-order valence-electron chi connectivity index (χ4n) is 4.06. The summed E-state index contributed by atoms with van der Waals surface area (Å²) in [5.74, 6) is 2.30. The van der Waals surface area contributed by atoms with Gasteiger partial charge in [0.1, 0.15) is 0 Å². The highest BCUT2D eigenvalue weighted by molar-refractivity contribution is 8.01. The average Bonchev–Trinajstić information content (AvgIpc) is 3.48. The Morgan fingerprint density at radius 1 is 1.12 bits per heavy atom. The molecule has 0 radical (unpaired) electrons. The quantitative estimate of drug-likeness (QED) is 0.385. The number of hydrogen-bond donors (Lipinski definition) is 1. The number of carbonyl (C=O) groups excluding carboxylic acids is 2. The van der Waals surface area contributed by atoms with Crippen LogP contribution in [0.25, 0.3) is 10.2 Å². The second-order valence-electron chi connectivity index (χ2n) is 8.11. The summed E-state index contributed by atoms with van der Waals surface area (Å²) in [5.41, 5.74) is 1.74. The van der Waals surface area contributed by atoms with Crippen molar-refractivity contribution in [1.82, 2.24) is 9.88 Å². The van der Waals surface area contributed by atoms with Gasteiger partial charge in [-0.1, -0.05) is 23.9 Å². The fraction of sp³-hybridized carbons (Fsp3) is 0.375. The Kier molecular flexibility index (Phi) is 6.68. The lowest BCUT2D eigenvalue weighted by atomic mass is 9.95. The molecule has 0 atom stereocenters. The van der Waals surface area contributed by atoms with Gasteiger partial charge in [-0.15, -0.1) is 11.3 Å². The van der Waals surface area contributed by atoms with Crippen LogP contribution in [0.15, 0.2) is 46.8 Å². The Morgan fingerprint density at radius 2 is 1.94 bits per heavy atom. The average molecular weight is 484 g/mol. The van der Waals surface area contributed by atoms with Crippen molar-refractivity contribution in [2.24, 2.45) is 5.92 Å². The van der Waals surface area contributed by atoms with Crippen molar-refractivity contribution in [3.05, 3.63) is 42.5 Å². The zero-order chi connectivity index (χ0) is 22.6. The molecule has 33 heavy (non-hydrogen) atoms. The van der Waals surface area contributed by atoms with Crippen LogP contribution in [0.1, 0.15) is 25.7 Å². The zero-order valence-corrected chi connectivity index (χ0v) is 19.8. The minimum absolute atomic E-state index is 0.00630. The lowest BCUT2D eigenvalue weighted by Gasteiger charge is -2.31. The van der Waals surface area contributed by atoms with Gasteiger partial charge in [0.2, 0.25) is 18.6 Å². The summed E-state index contributed by atoms with van der Waals surface area (Å²) in [6, 6.07) is 13.5. The number of carbonyl (C=O) groups is 2. The summed E-state index contributed by atoms with van der Waals surface area (Å²) >= 11 is 3.41. The second-order valence-corrected chi connectivity index (χ2v) is 10.5. The number of hydrogen-bond acceptors (Lipinski definition) is 7. The topological polar surface area (TPSA) is 80.8 Å². The maximum atomic E-state index is 12.7. The molecule has 0 bridgehead atoms. The molecule has 3 heterocycles. The molecule has 5 rings (SSSR count). The van der Waals surface area contributed by atoms with E-state index < -0.39 is 0 Å². The van der Waals surface area contributed by atoms with E-state index in [1.54, 1.807) is 35.2 Å². The molecule has 0 aliphatic carbocycles. The third-order valence-electron chi connectivity index (χ3n) is 5.89. The van der Waals surface area contributed by atoms with E-state index >= 15 is 0 Å². The number of para-hydroxylation sites is 1. The van der Waals surface area contributed by atoms with Gasteiger partial charge in [-0.3, -0.25) is 9.59 Å². The molecule has 0 saturated carbocycles. The van der Waals surface area contributed by atoms with Crippen LogP contribution in [0, 0.1) is 5.92 Å². The van der Waals surface area contributed by atoms with E-state index in [1.165, 1.54) is 4.70 Å². The number of amides is 2. The molecule has 1 aromatic heterocycles. The van der Waals surface area contributed by atoms with Crippen molar-refractivity contribution >= 4 is 50.8 Å². The standard InChI is InChI=1S/C24H25N3O4S2/c28-22(6-3-13-32-24-26-18-4-1-2-5-21(18)33-24)27-11-9-16(10-12-27)23(29)25-17-7-8-19-20(14-17)31-15-30-19/h1-2,4-5,7-8,14,16H,3,6,9-13,15H2,(H,25,29). The molecule has 2 aromatic carbocycles. The number of likely N-dealkylation sites (tertiary alicyclic amines) is 1. The summed E-state index contributed by atoms with van der Waals surface area (Å²) in [6.07, 6.45) is 2.72. The molecule has 7 nitrogen and oxygen atoms in total. The molecule has 2 aliphatic rings. The van der Waals surface area contributed by atoms with E-state index in [-0.39, 0.29) is 24.5 Å². The minimum Gasteiger partial charge on any atom is -0.454 e. The van der Waals surface area contributed by atoms with E-state index in [9.17, 15) is 9.59 Å². The molecular weight excluding hydrogens is 458 g/mol. The van der Waals surface area contributed by atoms with E-state index in [2.05, 4.69) is 16.4 Å². The molecule has 1 N–H and O–H groups in total. The first-order chi connectivity index (χ1) is 16.2. The highest BCUT2D eigenvalue weighted by Crippen LogP contribution is 2.34. The molecule has 2 amide bonds. The third-order valence-corrected chi connectivity index (χ3v) is 8.16. The van der Waals surface area contributed by atoms with Crippen molar-refractivity contribution in [3.8, 4) is 11.5 Å². The van der Waals surface area contributed by atoms with Crippen molar-refractivity contribution < 1.29 is 19.1 Å².